The van der Waals surface area contributed by atoms with Crippen molar-refractivity contribution in [2.45, 2.75) is 50.6 Å². The fourth-order valence-electron chi connectivity index (χ4n) is 3.62. The van der Waals surface area contributed by atoms with E-state index in [1.54, 1.807) is 33.8 Å². The maximum absolute atomic E-state index is 13.2. The quantitative estimate of drug-likeness (QED) is 0.422. The van der Waals surface area contributed by atoms with Gasteiger partial charge in [-0.3, -0.25) is 9.59 Å². The normalized spacial score (nSPS) is 12.6. The number of anilines is 1. The number of nitrogens with one attached hydrogen (secondary N) is 3. The van der Waals surface area contributed by atoms with E-state index in [0.29, 0.717) is 11.3 Å². The molecular formula is C27H30FN3O4S. The van der Waals surface area contributed by atoms with E-state index in [4.69, 9.17) is 0 Å². The lowest BCUT2D eigenvalue weighted by atomic mass is 10.0. The van der Waals surface area contributed by atoms with E-state index in [9.17, 15) is 22.4 Å². The molecular weight excluding hydrogens is 481 g/mol. The molecule has 3 N–H and O–H groups in total. The van der Waals surface area contributed by atoms with Crippen molar-refractivity contribution in [2.24, 2.45) is 0 Å². The lowest BCUT2D eigenvalue weighted by molar-refractivity contribution is -0.118. The Hall–Kier alpha value is -3.56. The third-order valence-electron chi connectivity index (χ3n) is 5.18. The van der Waals surface area contributed by atoms with Crippen molar-refractivity contribution in [2.75, 3.05) is 5.32 Å². The molecule has 0 fully saturated rings. The van der Waals surface area contributed by atoms with E-state index in [2.05, 4.69) is 15.4 Å². The van der Waals surface area contributed by atoms with E-state index in [-0.39, 0.29) is 16.9 Å². The second-order valence-corrected chi connectivity index (χ2v) is 11.2. The molecule has 2 amide bonds. The molecule has 3 aromatic carbocycles. The fourth-order valence-corrected chi connectivity index (χ4v) is 5.26. The van der Waals surface area contributed by atoms with Crippen LogP contribution in [0.15, 0.2) is 77.7 Å². The number of hydrogen-bond donors (Lipinski definition) is 3. The standard InChI is InChI=1S/C27H30FN3O4S/c1-18-16-22(14-15-24(18)36(34,35)31-27(2,3)4)29-26(33)23(17-19-8-6-5-7-9-19)30-25(32)20-10-12-21(28)13-11-20/h5-16,23,31H,17H2,1-4H3,(H,29,33)(H,30,32)/t23-/m0/s1. The van der Waals surface area contributed by atoms with Gasteiger partial charge in [-0.15, -0.1) is 0 Å². The highest BCUT2D eigenvalue weighted by atomic mass is 32.2. The van der Waals surface area contributed by atoms with Gasteiger partial charge in [-0.1, -0.05) is 30.3 Å². The fraction of sp³-hybridized carbons (Fsp3) is 0.259. The Morgan fingerprint density at radius 1 is 0.944 bits per heavy atom. The summed E-state index contributed by atoms with van der Waals surface area (Å²) in [4.78, 5) is 26.1. The number of aryl methyl sites for hydroxylation is 1. The number of benzene rings is 3. The first-order chi connectivity index (χ1) is 16.8. The number of hydrogen-bond acceptors (Lipinski definition) is 4. The first kappa shape index (κ1) is 27.0. The zero-order valence-electron chi connectivity index (χ0n) is 20.6. The zero-order valence-corrected chi connectivity index (χ0v) is 21.4. The molecule has 0 aliphatic heterocycles. The highest BCUT2D eigenvalue weighted by Gasteiger charge is 2.25. The number of carbonyl (C=O) groups is 2. The number of carbonyl (C=O) groups excluding carboxylic acids is 2. The van der Waals surface area contributed by atoms with E-state index in [1.807, 2.05) is 30.3 Å². The van der Waals surface area contributed by atoms with Crippen LogP contribution in [0.25, 0.3) is 0 Å². The average Bonchev–Trinajstić information content (AvgIpc) is 2.78. The van der Waals surface area contributed by atoms with Gasteiger partial charge in [0.15, 0.2) is 0 Å². The summed E-state index contributed by atoms with van der Waals surface area (Å²) in [6.45, 7) is 6.90. The summed E-state index contributed by atoms with van der Waals surface area (Å²) in [7, 11) is -3.75. The summed E-state index contributed by atoms with van der Waals surface area (Å²) in [5, 5.41) is 5.49. The second kappa shape index (κ2) is 11.0. The van der Waals surface area contributed by atoms with Crippen molar-refractivity contribution in [3.63, 3.8) is 0 Å². The number of halogens is 1. The van der Waals surface area contributed by atoms with Crippen molar-refractivity contribution in [1.29, 1.82) is 0 Å². The number of sulfonamides is 1. The molecule has 0 radical (unpaired) electrons. The molecule has 0 aliphatic carbocycles. The van der Waals surface area contributed by atoms with E-state index in [0.717, 1.165) is 5.56 Å². The summed E-state index contributed by atoms with van der Waals surface area (Å²) < 4.78 is 41.3. The van der Waals surface area contributed by atoms with Gasteiger partial charge in [0, 0.05) is 23.2 Å². The molecule has 3 aromatic rings. The maximum Gasteiger partial charge on any atom is 0.251 e. The maximum atomic E-state index is 13.2. The van der Waals surface area contributed by atoms with Crippen molar-refractivity contribution in [1.82, 2.24) is 10.0 Å². The SMILES string of the molecule is Cc1cc(NC(=O)[C@H](Cc2ccccc2)NC(=O)c2ccc(F)cc2)ccc1S(=O)(=O)NC(C)(C)C. The predicted octanol–water partition coefficient (Wildman–Crippen LogP) is 4.19. The molecule has 9 heteroatoms. The third kappa shape index (κ3) is 7.47. The van der Waals surface area contributed by atoms with Crippen LogP contribution in [0.2, 0.25) is 0 Å². The topological polar surface area (TPSA) is 104 Å². The van der Waals surface area contributed by atoms with Crippen LogP contribution in [0.3, 0.4) is 0 Å². The Morgan fingerprint density at radius 2 is 1.58 bits per heavy atom. The molecule has 0 saturated carbocycles. The molecule has 0 unspecified atom stereocenters. The molecule has 1 atom stereocenters. The third-order valence-corrected chi connectivity index (χ3v) is 7.10. The van der Waals surface area contributed by atoms with Crippen molar-refractivity contribution in [3.8, 4) is 0 Å². The van der Waals surface area contributed by atoms with Crippen LogP contribution in [-0.2, 0) is 21.2 Å². The Bertz CT molecular complexity index is 1340. The summed E-state index contributed by atoms with van der Waals surface area (Å²) in [6, 6.07) is 17.8. The summed E-state index contributed by atoms with van der Waals surface area (Å²) in [6.07, 6.45) is 0.223. The molecule has 36 heavy (non-hydrogen) atoms. The van der Waals surface area contributed by atoms with E-state index < -0.39 is 39.2 Å². The van der Waals surface area contributed by atoms with Crippen LogP contribution in [0, 0.1) is 12.7 Å². The molecule has 3 rings (SSSR count). The molecule has 0 bridgehead atoms. The predicted molar refractivity (Wildman–Crippen MR) is 138 cm³/mol. The molecule has 0 spiro atoms. The van der Waals surface area contributed by atoms with E-state index in [1.165, 1.54) is 36.4 Å². The van der Waals surface area contributed by atoms with Gasteiger partial charge in [-0.25, -0.2) is 17.5 Å². The van der Waals surface area contributed by atoms with Crippen LogP contribution >= 0.6 is 0 Å². The van der Waals surface area contributed by atoms with Gasteiger partial charge >= 0.3 is 0 Å². The minimum Gasteiger partial charge on any atom is -0.340 e. The van der Waals surface area contributed by atoms with Crippen molar-refractivity contribution >= 4 is 27.5 Å². The molecule has 0 heterocycles. The average molecular weight is 512 g/mol. The van der Waals surface area contributed by atoms with Crippen LogP contribution in [0.4, 0.5) is 10.1 Å². The van der Waals surface area contributed by atoms with Crippen LogP contribution in [0.5, 0.6) is 0 Å². The Morgan fingerprint density at radius 3 is 2.17 bits per heavy atom. The van der Waals surface area contributed by atoms with Crippen molar-refractivity contribution in [3.05, 3.63) is 95.3 Å². The van der Waals surface area contributed by atoms with Gasteiger partial charge < -0.3 is 10.6 Å². The minimum absolute atomic E-state index is 0.112. The molecule has 0 aliphatic rings. The van der Waals surface area contributed by atoms with Crippen LogP contribution in [0.1, 0.15) is 42.3 Å². The zero-order chi connectivity index (χ0) is 26.5. The van der Waals surface area contributed by atoms with Crippen molar-refractivity contribution < 1.29 is 22.4 Å². The summed E-state index contributed by atoms with van der Waals surface area (Å²) >= 11 is 0. The lowest BCUT2D eigenvalue weighted by Crippen LogP contribution is -2.45. The second-order valence-electron chi connectivity index (χ2n) is 9.55. The van der Waals surface area contributed by atoms with Gasteiger partial charge in [-0.05, 0) is 81.3 Å². The number of amides is 2. The Balaban J connectivity index is 1.81. The van der Waals surface area contributed by atoms with Gasteiger partial charge in [0.1, 0.15) is 11.9 Å². The summed E-state index contributed by atoms with van der Waals surface area (Å²) in [5.74, 6) is -1.46. The lowest BCUT2D eigenvalue weighted by Gasteiger charge is -2.22. The number of rotatable bonds is 8. The van der Waals surface area contributed by atoms with Gasteiger partial charge in [0.2, 0.25) is 15.9 Å². The van der Waals surface area contributed by atoms with Gasteiger partial charge in [-0.2, -0.15) is 0 Å². The monoisotopic (exact) mass is 511 g/mol. The van der Waals surface area contributed by atoms with Crippen LogP contribution in [-0.4, -0.2) is 31.8 Å². The first-order valence-corrected chi connectivity index (χ1v) is 12.9. The highest BCUT2D eigenvalue weighted by Crippen LogP contribution is 2.21. The molecule has 7 nitrogen and oxygen atoms in total. The van der Waals surface area contributed by atoms with E-state index >= 15 is 0 Å². The first-order valence-electron chi connectivity index (χ1n) is 11.4. The Kier molecular flexibility index (Phi) is 8.27. The molecule has 190 valence electrons. The van der Waals surface area contributed by atoms with Crippen LogP contribution < -0.4 is 15.4 Å². The Labute approximate surface area is 211 Å². The molecule has 0 saturated heterocycles. The minimum atomic E-state index is -3.75. The highest BCUT2D eigenvalue weighted by molar-refractivity contribution is 7.89. The van der Waals surface area contributed by atoms with Gasteiger partial charge in [0.05, 0.1) is 4.90 Å². The summed E-state index contributed by atoms with van der Waals surface area (Å²) in [5.41, 5.74) is 1.26. The molecule has 0 aromatic heterocycles. The van der Waals surface area contributed by atoms with Gasteiger partial charge in [0.25, 0.3) is 5.91 Å². The largest absolute Gasteiger partial charge is 0.340 e. The smallest absolute Gasteiger partial charge is 0.251 e.